The summed E-state index contributed by atoms with van der Waals surface area (Å²) in [6, 6.07) is 0. The molecule has 0 saturated heterocycles. The van der Waals surface area contributed by atoms with Gasteiger partial charge >= 0.3 is 0 Å². The number of aliphatic hydroxyl groups is 3. The van der Waals surface area contributed by atoms with Crippen LogP contribution in [0.2, 0.25) is 0 Å². The summed E-state index contributed by atoms with van der Waals surface area (Å²) in [5, 5.41) is 25.0. The maximum atomic E-state index is 8.60. The lowest BCUT2D eigenvalue weighted by Crippen LogP contribution is -1.97. The quantitative estimate of drug-likeness (QED) is 0.441. The first-order valence-electron chi connectivity index (χ1n) is 5.42. The lowest BCUT2D eigenvalue weighted by molar-refractivity contribution is 0.294. The molecule has 92 valence electrons. The van der Waals surface area contributed by atoms with Crippen LogP contribution in [0.5, 0.6) is 0 Å². The second-order valence-corrected chi connectivity index (χ2v) is 5.93. The van der Waals surface area contributed by atoms with Crippen LogP contribution in [0.15, 0.2) is 12.7 Å². The van der Waals surface area contributed by atoms with Crippen molar-refractivity contribution in [3.8, 4) is 0 Å². The number of rotatable bonds is 8. The fourth-order valence-corrected chi connectivity index (χ4v) is 3.05. The molecule has 0 saturated carbocycles. The number of hydrogen-bond acceptors (Lipinski definition) is 3. The van der Waals surface area contributed by atoms with Gasteiger partial charge in [0.15, 0.2) is 0 Å². The predicted octanol–water partition coefficient (Wildman–Crippen LogP) is 1.42. The van der Waals surface area contributed by atoms with Gasteiger partial charge in [0.2, 0.25) is 0 Å². The van der Waals surface area contributed by atoms with Crippen molar-refractivity contribution in [1.29, 1.82) is 0 Å². The minimum Gasteiger partial charge on any atom is -0.396 e. The van der Waals surface area contributed by atoms with Crippen LogP contribution in [0.3, 0.4) is 0 Å². The van der Waals surface area contributed by atoms with E-state index in [1.54, 1.807) is 0 Å². The smallest absolute Gasteiger partial charge is 0.0609 e. The number of hydrogen-bond donors (Lipinski definition) is 3. The van der Waals surface area contributed by atoms with Crippen LogP contribution < -0.4 is 0 Å². The average molecular weight is 236 g/mol. The molecule has 0 atom stereocenters. The molecule has 0 aliphatic rings. The maximum Gasteiger partial charge on any atom is 0.0609 e. The molecule has 0 aromatic heterocycles. The van der Waals surface area contributed by atoms with Crippen LogP contribution in [-0.2, 0) is 0 Å². The first-order chi connectivity index (χ1) is 7.26. The standard InChI is InChI=1S/C8H19O2P.C3H6O/c1-2-11(7-3-5-9)8-4-6-10;1-2-3-4/h9-10H,2-8H2,1H3;2,4H,1,3H2. The molecule has 4 heteroatoms. The Hall–Kier alpha value is 0.0500. The van der Waals surface area contributed by atoms with Gasteiger partial charge in [-0.3, -0.25) is 0 Å². The van der Waals surface area contributed by atoms with Crippen molar-refractivity contribution in [2.75, 3.05) is 38.3 Å². The lowest BCUT2D eigenvalue weighted by Gasteiger charge is -2.13. The molecule has 0 fully saturated rings. The van der Waals surface area contributed by atoms with Gasteiger partial charge in [-0.2, -0.15) is 0 Å². The molecular formula is C11H25O3P. The Balaban J connectivity index is 0. The van der Waals surface area contributed by atoms with Crippen molar-refractivity contribution >= 4 is 7.92 Å². The molecule has 3 nitrogen and oxygen atoms in total. The first kappa shape index (κ1) is 17.4. The summed E-state index contributed by atoms with van der Waals surface area (Å²) in [6.07, 6.45) is 6.87. The Morgan fingerprint density at radius 3 is 1.67 bits per heavy atom. The summed E-state index contributed by atoms with van der Waals surface area (Å²) in [7, 11) is 0.110. The Bertz CT molecular complexity index is 112. The van der Waals surface area contributed by atoms with E-state index in [1.165, 1.54) is 24.6 Å². The molecule has 0 amide bonds. The van der Waals surface area contributed by atoms with Crippen LogP contribution >= 0.6 is 7.92 Å². The van der Waals surface area contributed by atoms with Gasteiger partial charge in [-0.25, -0.2) is 0 Å². The third kappa shape index (κ3) is 16.7. The molecule has 0 aliphatic heterocycles. The third-order valence-corrected chi connectivity index (χ3v) is 4.63. The van der Waals surface area contributed by atoms with Crippen molar-refractivity contribution in [1.82, 2.24) is 0 Å². The van der Waals surface area contributed by atoms with Gasteiger partial charge in [0, 0.05) is 13.2 Å². The van der Waals surface area contributed by atoms with E-state index in [0.29, 0.717) is 13.2 Å². The summed E-state index contributed by atoms with van der Waals surface area (Å²) in [4.78, 5) is 0. The van der Waals surface area contributed by atoms with Crippen molar-refractivity contribution in [3.05, 3.63) is 12.7 Å². The van der Waals surface area contributed by atoms with Crippen molar-refractivity contribution in [2.24, 2.45) is 0 Å². The normalized spacial score (nSPS) is 9.67. The number of aliphatic hydroxyl groups excluding tert-OH is 3. The zero-order valence-electron chi connectivity index (χ0n) is 9.73. The second-order valence-electron chi connectivity index (χ2n) is 3.06. The third-order valence-electron chi connectivity index (χ3n) is 1.84. The van der Waals surface area contributed by atoms with Gasteiger partial charge in [0.05, 0.1) is 6.61 Å². The zero-order valence-corrected chi connectivity index (χ0v) is 10.6. The summed E-state index contributed by atoms with van der Waals surface area (Å²) < 4.78 is 0. The van der Waals surface area contributed by atoms with Crippen LogP contribution in [0, 0.1) is 0 Å². The highest BCUT2D eigenvalue weighted by Gasteiger charge is 2.03. The minimum absolute atomic E-state index is 0.0833. The van der Waals surface area contributed by atoms with Crippen LogP contribution in [0.4, 0.5) is 0 Å². The van der Waals surface area contributed by atoms with Crippen molar-refractivity contribution < 1.29 is 15.3 Å². The minimum atomic E-state index is 0.0833. The van der Waals surface area contributed by atoms with Crippen LogP contribution in [0.1, 0.15) is 19.8 Å². The molecule has 0 spiro atoms. The van der Waals surface area contributed by atoms with E-state index in [2.05, 4.69) is 13.5 Å². The average Bonchev–Trinajstić information content (AvgIpc) is 2.30. The molecule has 0 unspecified atom stereocenters. The molecule has 0 bridgehead atoms. The van der Waals surface area contributed by atoms with Gasteiger partial charge in [-0.05, 0) is 31.3 Å². The first-order valence-corrected chi connectivity index (χ1v) is 7.32. The van der Waals surface area contributed by atoms with Crippen molar-refractivity contribution in [2.45, 2.75) is 19.8 Å². The summed E-state index contributed by atoms with van der Waals surface area (Å²) in [6.45, 7) is 6.14. The van der Waals surface area contributed by atoms with Crippen LogP contribution in [-0.4, -0.2) is 53.6 Å². The topological polar surface area (TPSA) is 60.7 Å². The molecular weight excluding hydrogens is 211 g/mol. The van der Waals surface area contributed by atoms with Crippen LogP contribution in [0.25, 0.3) is 0 Å². The molecule has 0 aliphatic carbocycles. The maximum absolute atomic E-state index is 8.60. The zero-order chi connectivity index (χ0) is 11.9. The molecule has 3 N–H and O–H groups in total. The fraction of sp³-hybridized carbons (Fsp3) is 0.818. The predicted molar refractivity (Wildman–Crippen MR) is 67.9 cm³/mol. The van der Waals surface area contributed by atoms with Gasteiger partial charge < -0.3 is 15.3 Å². The Labute approximate surface area is 94.6 Å². The highest BCUT2D eigenvalue weighted by molar-refractivity contribution is 7.57. The highest BCUT2D eigenvalue weighted by Crippen LogP contribution is 2.35. The summed E-state index contributed by atoms with van der Waals surface area (Å²) >= 11 is 0. The molecule has 0 aromatic rings. The van der Waals surface area contributed by atoms with Gasteiger partial charge in [-0.15, -0.1) is 14.5 Å². The molecule has 15 heavy (non-hydrogen) atoms. The molecule has 0 radical (unpaired) electrons. The Kier molecular flexibility index (Phi) is 19.2. The van der Waals surface area contributed by atoms with E-state index in [0.717, 1.165) is 12.8 Å². The van der Waals surface area contributed by atoms with E-state index in [1.807, 2.05) is 0 Å². The van der Waals surface area contributed by atoms with E-state index >= 15 is 0 Å². The van der Waals surface area contributed by atoms with E-state index in [9.17, 15) is 0 Å². The fourth-order valence-electron chi connectivity index (χ4n) is 1.02. The summed E-state index contributed by atoms with van der Waals surface area (Å²) in [5.41, 5.74) is 0. The Morgan fingerprint density at radius 1 is 1.07 bits per heavy atom. The molecule has 0 heterocycles. The molecule has 0 rings (SSSR count). The van der Waals surface area contributed by atoms with E-state index < -0.39 is 0 Å². The Morgan fingerprint density at radius 2 is 1.47 bits per heavy atom. The van der Waals surface area contributed by atoms with Gasteiger partial charge in [0.1, 0.15) is 0 Å². The SMILES string of the molecule is C=CCO.CCP(CCCO)CCCO. The van der Waals surface area contributed by atoms with E-state index in [-0.39, 0.29) is 14.5 Å². The van der Waals surface area contributed by atoms with Crippen molar-refractivity contribution in [3.63, 3.8) is 0 Å². The van der Waals surface area contributed by atoms with Gasteiger partial charge in [0.25, 0.3) is 0 Å². The highest BCUT2D eigenvalue weighted by atomic mass is 31.1. The second kappa shape index (κ2) is 16.5. The van der Waals surface area contributed by atoms with Gasteiger partial charge in [-0.1, -0.05) is 13.0 Å². The molecule has 0 aromatic carbocycles. The monoisotopic (exact) mass is 236 g/mol. The summed E-state index contributed by atoms with van der Waals surface area (Å²) in [5.74, 6) is 0. The largest absolute Gasteiger partial charge is 0.396 e. The van der Waals surface area contributed by atoms with E-state index in [4.69, 9.17) is 15.3 Å². The lowest BCUT2D eigenvalue weighted by atomic mass is 10.5.